The first-order valence-corrected chi connectivity index (χ1v) is 7.86. The molecule has 0 amide bonds. The Morgan fingerprint density at radius 2 is 1.71 bits per heavy atom. The van der Waals surface area contributed by atoms with Crippen LogP contribution in [-0.4, -0.2) is 6.54 Å². The van der Waals surface area contributed by atoms with Crippen LogP contribution in [0.4, 0.5) is 13.2 Å². The molecule has 1 N–H and O–H groups in total. The number of hydrogen-bond donors (Lipinski definition) is 1. The van der Waals surface area contributed by atoms with Crippen molar-refractivity contribution < 1.29 is 13.2 Å². The number of rotatable bonds is 4. The molecule has 0 saturated carbocycles. The summed E-state index contributed by atoms with van der Waals surface area (Å²) < 4.78 is 41.9. The van der Waals surface area contributed by atoms with Crippen LogP contribution in [0.3, 0.4) is 0 Å². The fourth-order valence-corrected chi connectivity index (χ4v) is 2.90. The highest BCUT2D eigenvalue weighted by Crippen LogP contribution is 2.33. The van der Waals surface area contributed by atoms with Gasteiger partial charge in [0.15, 0.2) is 0 Å². The summed E-state index contributed by atoms with van der Waals surface area (Å²) in [6, 6.07) is 6.04. The number of benzene rings is 2. The van der Waals surface area contributed by atoms with Gasteiger partial charge in [-0.3, -0.25) is 0 Å². The third kappa shape index (κ3) is 3.49. The number of hydrogen-bond acceptors (Lipinski definition) is 1. The third-order valence-electron chi connectivity index (χ3n) is 3.05. The van der Waals surface area contributed by atoms with Crippen LogP contribution in [0, 0.1) is 17.5 Å². The minimum Gasteiger partial charge on any atom is -0.306 e. The molecule has 0 bridgehead atoms. The Morgan fingerprint density at radius 1 is 1.00 bits per heavy atom. The Hall–Kier alpha value is -0.850. The summed E-state index contributed by atoms with van der Waals surface area (Å²) >= 11 is 6.11. The molecule has 1 nitrogen and oxygen atoms in total. The monoisotopic (exact) mass is 421 g/mol. The fourth-order valence-electron chi connectivity index (χ4n) is 2.09. The zero-order chi connectivity index (χ0) is 15.6. The maximum Gasteiger partial charge on any atom is 0.137 e. The first-order chi connectivity index (χ1) is 9.95. The topological polar surface area (TPSA) is 12.0 Å². The van der Waals surface area contributed by atoms with Gasteiger partial charge in [-0.2, -0.15) is 0 Å². The van der Waals surface area contributed by atoms with E-state index in [9.17, 15) is 13.2 Å². The van der Waals surface area contributed by atoms with Crippen molar-refractivity contribution in [2.75, 3.05) is 6.54 Å². The van der Waals surface area contributed by atoms with Gasteiger partial charge in [-0.25, -0.2) is 13.2 Å². The summed E-state index contributed by atoms with van der Waals surface area (Å²) in [5.41, 5.74) is 0.640. The van der Waals surface area contributed by atoms with Crippen LogP contribution >= 0.6 is 31.9 Å². The predicted octanol–water partition coefficient (Wildman–Crippen LogP) is 5.33. The van der Waals surface area contributed by atoms with Crippen LogP contribution in [-0.2, 0) is 0 Å². The van der Waals surface area contributed by atoms with E-state index >= 15 is 0 Å². The van der Waals surface area contributed by atoms with Gasteiger partial charge >= 0.3 is 0 Å². The maximum atomic E-state index is 14.2. The number of nitrogens with one attached hydrogen (secondary N) is 1. The SMILES string of the molecule is CCNC(c1cc(F)c(Br)cc1F)c1cccc(F)c1Br. The summed E-state index contributed by atoms with van der Waals surface area (Å²) in [6.07, 6.45) is 0. The molecule has 0 aliphatic rings. The second-order valence-corrected chi connectivity index (χ2v) is 6.07. The highest BCUT2D eigenvalue weighted by Gasteiger charge is 2.22. The molecule has 0 radical (unpaired) electrons. The lowest BCUT2D eigenvalue weighted by molar-refractivity contribution is 0.537. The van der Waals surface area contributed by atoms with Crippen molar-refractivity contribution in [2.24, 2.45) is 0 Å². The van der Waals surface area contributed by atoms with Crippen molar-refractivity contribution >= 4 is 31.9 Å². The highest BCUT2D eigenvalue weighted by molar-refractivity contribution is 9.10. The van der Waals surface area contributed by atoms with Gasteiger partial charge in [0.2, 0.25) is 0 Å². The van der Waals surface area contributed by atoms with Gasteiger partial charge in [-0.05, 0) is 62.2 Å². The molecule has 2 rings (SSSR count). The van der Waals surface area contributed by atoms with E-state index in [1.807, 2.05) is 6.92 Å². The standard InChI is InChI=1S/C15H12Br2F3N/c1-2-21-15(8-4-3-5-11(18)14(8)17)9-6-13(20)10(16)7-12(9)19/h3-7,15,21H,2H2,1H3. The summed E-state index contributed by atoms with van der Waals surface area (Å²) in [7, 11) is 0. The Kier molecular flexibility index (Phi) is 5.46. The molecule has 112 valence electrons. The molecule has 0 heterocycles. The molecule has 0 saturated heterocycles. The molecule has 1 unspecified atom stereocenters. The lowest BCUT2D eigenvalue weighted by Crippen LogP contribution is -2.24. The lowest BCUT2D eigenvalue weighted by atomic mass is 9.98. The zero-order valence-electron chi connectivity index (χ0n) is 11.1. The predicted molar refractivity (Wildman–Crippen MR) is 83.7 cm³/mol. The van der Waals surface area contributed by atoms with E-state index in [2.05, 4.69) is 37.2 Å². The quantitative estimate of drug-likeness (QED) is 0.656. The molecule has 6 heteroatoms. The molecule has 0 aliphatic carbocycles. The second kappa shape index (κ2) is 6.94. The van der Waals surface area contributed by atoms with E-state index in [4.69, 9.17) is 0 Å². The van der Waals surface area contributed by atoms with Crippen LogP contribution in [0.25, 0.3) is 0 Å². The van der Waals surface area contributed by atoms with Crippen molar-refractivity contribution in [3.63, 3.8) is 0 Å². The molecule has 2 aromatic carbocycles. The van der Waals surface area contributed by atoms with Gasteiger partial charge in [0.05, 0.1) is 15.0 Å². The van der Waals surface area contributed by atoms with Crippen LogP contribution < -0.4 is 5.32 Å². The Bertz CT molecular complexity index is 662. The molecule has 2 aromatic rings. The largest absolute Gasteiger partial charge is 0.306 e. The Balaban J connectivity index is 2.59. The zero-order valence-corrected chi connectivity index (χ0v) is 14.2. The molecule has 0 aliphatic heterocycles. The van der Waals surface area contributed by atoms with Crippen molar-refractivity contribution in [1.82, 2.24) is 5.32 Å². The van der Waals surface area contributed by atoms with Gasteiger partial charge < -0.3 is 5.32 Å². The van der Waals surface area contributed by atoms with Crippen LogP contribution in [0.2, 0.25) is 0 Å². The molecule has 0 fully saturated rings. The van der Waals surface area contributed by atoms with Crippen LogP contribution in [0.5, 0.6) is 0 Å². The summed E-state index contributed by atoms with van der Waals surface area (Å²) in [5, 5.41) is 3.05. The van der Waals surface area contributed by atoms with Gasteiger partial charge in [0.25, 0.3) is 0 Å². The van der Waals surface area contributed by atoms with Crippen molar-refractivity contribution in [1.29, 1.82) is 0 Å². The van der Waals surface area contributed by atoms with Gasteiger partial charge in [-0.15, -0.1) is 0 Å². The van der Waals surface area contributed by atoms with Crippen molar-refractivity contribution in [2.45, 2.75) is 13.0 Å². The molecule has 0 spiro atoms. The third-order valence-corrected chi connectivity index (χ3v) is 4.50. The number of halogens is 5. The Morgan fingerprint density at radius 3 is 2.38 bits per heavy atom. The smallest absolute Gasteiger partial charge is 0.137 e. The average Bonchev–Trinajstić information content (AvgIpc) is 2.44. The van der Waals surface area contributed by atoms with E-state index in [-0.39, 0.29) is 14.5 Å². The summed E-state index contributed by atoms with van der Waals surface area (Å²) in [6.45, 7) is 2.36. The minimum absolute atomic E-state index is 0.0531. The van der Waals surface area contributed by atoms with E-state index in [0.29, 0.717) is 12.1 Å². The van der Waals surface area contributed by atoms with Gasteiger partial charge in [0, 0.05) is 5.56 Å². The highest BCUT2D eigenvalue weighted by atomic mass is 79.9. The first kappa shape index (κ1) is 16.5. The normalized spacial score (nSPS) is 12.5. The Labute approximate surface area is 137 Å². The molecular weight excluding hydrogens is 411 g/mol. The van der Waals surface area contributed by atoms with Gasteiger partial charge in [-0.1, -0.05) is 19.1 Å². The molecule has 1 atom stereocenters. The molecule has 0 aromatic heterocycles. The fraction of sp³-hybridized carbons (Fsp3) is 0.200. The van der Waals surface area contributed by atoms with Crippen LogP contribution in [0.1, 0.15) is 24.1 Å². The second-order valence-electron chi connectivity index (χ2n) is 4.42. The van der Waals surface area contributed by atoms with Crippen molar-refractivity contribution in [3.05, 3.63) is 67.9 Å². The van der Waals surface area contributed by atoms with E-state index < -0.39 is 23.5 Å². The molecule has 21 heavy (non-hydrogen) atoms. The van der Waals surface area contributed by atoms with E-state index in [1.54, 1.807) is 6.07 Å². The van der Waals surface area contributed by atoms with Crippen molar-refractivity contribution in [3.8, 4) is 0 Å². The molecular formula is C15H12Br2F3N. The average molecular weight is 423 g/mol. The summed E-state index contributed by atoms with van der Waals surface area (Å²) in [4.78, 5) is 0. The maximum absolute atomic E-state index is 14.2. The first-order valence-electron chi connectivity index (χ1n) is 6.27. The van der Waals surface area contributed by atoms with Gasteiger partial charge in [0.1, 0.15) is 17.5 Å². The van der Waals surface area contributed by atoms with E-state index in [0.717, 1.165) is 12.1 Å². The van der Waals surface area contributed by atoms with Crippen LogP contribution in [0.15, 0.2) is 39.3 Å². The lowest BCUT2D eigenvalue weighted by Gasteiger charge is -2.21. The van der Waals surface area contributed by atoms with E-state index in [1.165, 1.54) is 12.1 Å². The summed E-state index contributed by atoms with van der Waals surface area (Å²) in [5.74, 6) is -1.58. The minimum atomic E-state index is -0.650.